The normalized spacial score (nSPS) is 16.3. The molecule has 0 saturated heterocycles. The molecule has 0 aliphatic carbocycles. The first-order chi connectivity index (χ1) is 15.3. The minimum atomic E-state index is -4.44. The Balaban J connectivity index is 1.51. The van der Waals surface area contributed by atoms with Crippen LogP contribution in [0.3, 0.4) is 0 Å². The first-order valence-electron chi connectivity index (χ1n) is 9.78. The van der Waals surface area contributed by atoms with Gasteiger partial charge in [0, 0.05) is 24.5 Å². The number of rotatable bonds is 3. The molecule has 4 heterocycles. The lowest BCUT2D eigenvalue weighted by Crippen LogP contribution is -2.42. The van der Waals surface area contributed by atoms with Crippen molar-refractivity contribution in [3.05, 3.63) is 72.2 Å². The summed E-state index contributed by atoms with van der Waals surface area (Å²) < 4.78 is 45.8. The van der Waals surface area contributed by atoms with Gasteiger partial charge in [-0.3, -0.25) is 14.5 Å². The third kappa shape index (κ3) is 3.33. The number of aromatic nitrogens is 4. The van der Waals surface area contributed by atoms with E-state index in [1.807, 2.05) is 13.0 Å². The molecule has 1 amide bonds. The number of nitrogens with zero attached hydrogens (tertiary/aromatic N) is 5. The van der Waals surface area contributed by atoms with Gasteiger partial charge in [-0.2, -0.15) is 18.3 Å². The summed E-state index contributed by atoms with van der Waals surface area (Å²) in [7, 11) is 0. The van der Waals surface area contributed by atoms with Gasteiger partial charge in [0.1, 0.15) is 11.4 Å². The highest BCUT2D eigenvalue weighted by Crippen LogP contribution is 2.35. The third-order valence-electron chi connectivity index (χ3n) is 5.32. The quantitative estimate of drug-likeness (QED) is 0.457. The number of pyridine rings is 1. The van der Waals surface area contributed by atoms with E-state index in [-0.39, 0.29) is 24.2 Å². The molecule has 0 fully saturated rings. The van der Waals surface area contributed by atoms with Gasteiger partial charge < -0.3 is 9.42 Å². The van der Waals surface area contributed by atoms with Crippen LogP contribution in [0.25, 0.3) is 22.7 Å². The second kappa shape index (κ2) is 7.33. The van der Waals surface area contributed by atoms with Gasteiger partial charge in [0.15, 0.2) is 5.76 Å². The average molecular weight is 439 g/mol. The Morgan fingerprint density at radius 2 is 1.88 bits per heavy atom. The molecule has 0 unspecified atom stereocenters. The van der Waals surface area contributed by atoms with E-state index in [9.17, 15) is 18.0 Å². The summed E-state index contributed by atoms with van der Waals surface area (Å²) in [5.41, 5.74) is 1.47. The molecule has 1 aliphatic heterocycles. The van der Waals surface area contributed by atoms with Crippen molar-refractivity contribution in [3.8, 4) is 22.7 Å². The number of benzene rings is 1. The van der Waals surface area contributed by atoms with Crippen molar-refractivity contribution in [1.29, 1.82) is 0 Å². The molecule has 7 nitrogen and oxygen atoms in total. The maximum atomic E-state index is 13.3. The first kappa shape index (κ1) is 20.0. The SMILES string of the molecule is C[C@H]1CN(c2ccc(C(F)(F)F)cc2)C(=O)c2c(-c3cc(-c4ccccn4)no3)cnn21. The molecule has 0 spiro atoms. The molecule has 3 aromatic heterocycles. The third-order valence-corrected chi connectivity index (χ3v) is 5.32. The monoisotopic (exact) mass is 439 g/mol. The summed E-state index contributed by atoms with van der Waals surface area (Å²) in [6.45, 7) is 2.15. The lowest BCUT2D eigenvalue weighted by molar-refractivity contribution is -0.137. The molecule has 0 bridgehead atoms. The molecule has 0 N–H and O–H groups in total. The van der Waals surface area contributed by atoms with Gasteiger partial charge in [-0.05, 0) is 43.3 Å². The summed E-state index contributed by atoms with van der Waals surface area (Å²) in [4.78, 5) is 19.0. The highest BCUT2D eigenvalue weighted by atomic mass is 19.4. The van der Waals surface area contributed by atoms with Crippen LogP contribution in [0.5, 0.6) is 0 Å². The van der Waals surface area contributed by atoms with Crippen LogP contribution >= 0.6 is 0 Å². The van der Waals surface area contributed by atoms with Gasteiger partial charge in [-0.25, -0.2) is 0 Å². The number of alkyl halides is 3. The minimum Gasteiger partial charge on any atom is -0.355 e. The lowest BCUT2D eigenvalue weighted by Gasteiger charge is -2.32. The minimum absolute atomic E-state index is 0.197. The molecule has 5 rings (SSSR count). The number of amides is 1. The molecule has 32 heavy (non-hydrogen) atoms. The Morgan fingerprint density at radius 1 is 1.09 bits per heavy atom. The maximum absolute atomic E-state index is 13.3. The second-order valence-corrected chi connectivity index (χ2v) is 7.45. The Kier molecular flexibility index (Phi) is 4.58. The Morgan fingerprint density at radius 3 is 2.56 bits per heavy atom. The van der Waals surface area contributed by atoms with Crippen molar-refractivity contribution in [1.82, 2.24) is 19.9 Å². The smallest absolute Gasteiger partial charge is 0.355 e. The molecule has 1 aliphatic rings. The molecular formula is C22H16F3N5O2. The molecule has 1 aromatic carbocycles. The molecular weight excluding hydrogens is 423 g/mol. The molecule has 1 atom stereocenters. The zero-order valence-electron chi connectivity index (χ0n) is 16.7. The average Bonchev–Trinajstić information content (AvgIpc) is 3.44. The number of fused-ring (bicyclic) bond motifs is 1. The molecule has 0 saturated carbocycles. The van der Waals surface area contributed by atoms with Crippen molar-refractivity contribution in [2.75, 3.05) is 11.4 Å². The summed E-state index contributed by atoms with van der Waals surface area (Å²) in [6, 6.07) is 11.4. The van der Waals surface area contributed by atoms with Crippen molar-refractivity contribution in [2.45, 2.75) is 19.1 Å². The predicted octanol–water partition coefficient (Wildman–Crippen LogP) is 4.84. The molecule has 4 aromatic rings. The summed E-state index contributed by atoms with van der Waals surface area (Å²) in [5.74, 6) is -0.0344. The fourth-order valence-corrected chi connectivity index (χ4v) is 3.73. The van der Waals surface area contributed by atoms with Crippen LogP contribution in [0.4, 0.5) is 18.9 Å². The fraction of sp³-hybridized carbons (Fsp3) is 0.182. The van der Waals surface area contributed by atoms with E-state index in [4.69, 9.17) is 4.52 Å². The Hall–Kier alpha value is -3.95. The second-order valence-electron chi connectivity index (χ2n) is 7.45. The first-order valence-corrected chi connectivity index (χ1v) is 9.78. The summed E-state index contributed by atoms with van der Waals surface area (Å²) in [6.07, 6.45) is -1.28. The maximum Gasteiger partial charge on any atom is 0.416 e. The van der Waals surface area contributed by atoms with E-state index in [1.54, 1.807) is 29.1 Å². The van der Waals surface area contributed by atoms with Crippen LogP contribution in [-0.4, -0.2) is 32.4 Å². The Bertz CT molecular complexity index is 1280. The van der Waals surface area contributed by atoms with Gasteiger partial charge in [0.25, 0.3) is 5.91 Å². The van der Waals surface area contributed by atoms with E-state index < -0.39 is 11.7 Å². The number of carbonyl (C=O) groups excluding carboxylic acids is 1. The number of anilines is 1. The van der Waals surface area contributed by atoms with Gasteiger partial charge in [0.05, 0.1) is 29.1 Å². The molecule has 162 valence electrons. The van der Waals surface area contributed by atoms with E-state index in [2.05, 4.69) is 15.2 Å². The largest absolute Gasteiger partial charge is 0.416 e. The summed E-state index contributed by atoms with van der Waals surface area (Å²) >= 11 is 0. The number of halogens is 3. The van der Waals surface area contributed by atoms with Crippen LogP contribution < -0.4 is 4.90 Å². The van der Waals surface area contributed by atoms with Gasteiger partial charge in [-0.15, -0.1) is 0 Å². The van der Waals surface area contributed by atoms with E-state index in [1.165, 1.54) is 23.2 Å². The standard InChI is InChI=1S/C22H16F3N5O2/c1-13-12-29(15-7-5-14(6-8-15)22(23,24)25)21(31)20-16(11-27-30(13)20)19-10-18(28-32-19)17-4-2-3-9-26-17/h2-11,13H,12H2,1H3/t13-/m0/s1. The van der Waals surface area contributed by atoms with Crippen LogP contribution in [0, 0.1) is 0 Å². The van der Waals surface area contributed by atoms with Crippen molar-refractivity contribution in [3.63, 3.8) is 0 Å². The summed E-state index contributed by atoms with van der Waals surface area (Å²) in [5, 5.41) is 8.38. The van der Waals surface area contributed by atoms with Crippen LogP contribution in [0.1, 0.15) is 29.0 Å². The lowest BCUT2D eigenvalue weighted by atomic mass is 10.1. The van der Waals surface area contributed by atoms with Gasteiger partial charge in [-0.1, -0.05) is 11.2 Å². The number of carbonyl (C=O) groups is 1. The van der Waals surface area contributed by atoms with E-state index in [0.29, 0.717) is 28.4 Å². The number of hydrogen-bond acceptors (Lipinski definition) is 5. The van der Waals surface area contributed by atoms with Crippen LogP contribution in [0.15, 0.2) is 65.4 Å². The highest BCUT2D eigenvalue weighted by molar-refractivity contribution is 6.09. The van der Waals surface area contributed by atoms with Crippen LogP contribution in [-0.2, 0) is 6.18 Å². The van der Waals surface area contributed by atoms with E-state index >= 15 is 0 Å². The van der Waals surface area contributed by atoms with E-state index in [0.717, 1.165) is 12.1 Å². The fourth-order valence-electron chi connectivity index (χ4n) is 3.73. The van der Waals surface area contributed by atoms with Crippen LogP contribution in [0.2, 0.25) is 0 Å². The number of hydrogen-bond donors (Lipinski definition) is 0. The Labute approximate surface area is 180 Å². The topological polar surface area (TPSA) is 77.1 Å². The zero-order chi connectivity index (χ0) is 22.5. The highest BCUT2D eigenvalue weighted by Gasteiger charge is 2.36. The van der Waals surface area contributed by atoms with Crippen molar-refractivity contribution < 1.29 is 22.5 Å². The van der Waals surface area contributed by atoms with Gasteiger partial charge in [0.2, 0.25) is 0 Å². The van der Waals surface area contributed by atoms with Crippen molar-refractivity contribution >= 4 is 11.6 Å². The predicted molar refractivity (Wildman–Crippen MR) is 109 cm³/mol. The van der Waals surface area contributed by atoms with Crippen molar-refractivity contribution in [2.24, 2.45) is 0 Å². The molecule has 0 radical (unpaired) electrons. The molecule has 10 heteroatoms. The zero-order valence-corrected chi connectivity index (χ0v) is 16.7. The van der Waals surface area contributed by atoms with Gasteiger partial charge >= 0.3 is 6.18 Å².